The van der Waals surface area contributed by atoms with E-state index in [1.807, 2.05) is 6.07 Å². The van der Waals surface area contributed by atoms with Crippen LogP contribution in [-0.2, 0) is 0 Å². The summed E-state index contributed by atoms with van der Waals surface area (Å²) in [6, 6.07) is 4.90. The molecule has 0 aromatic carbocycles. The number of hydrogen-bond acceptors (Lipinski definition) is 4. The molecule has 5 nitrogen and oxygen atoms in total. The van der Waals surface area contributed by atoms with Crippen LogP contribution in [0.3, 0.4) is 0 Å². The van der Waals surface area contributed by atoms with E-state index in [2.05, 4.69) is 15.0 Å². The highest BCUT2D eigenvalue weighted by Crippen LogP contribution is 2.02. The van der Waals surface area contributed by atoms with E-state index in [4.69, 9.17) is 5.26 Å². The van der Waals surface area contributed by atoms with Crippen LogP contribution in [0.2, 0.25) is 0 Å². The molecule has 0 aliphatic carbocycles. The molecule has 62 valence electrons. The monoisotopic (exact) mass is 172 g/mol. The fourth-order valence-electron chi connectivity index (χ4n) is 1.02. The van der Waals surface area contributed by atoms with E-state index < -0.39 is 0 Å². The minimum absolute atomic E-state index is 0.248. The Hall–Kier alpha value is -2.22. The molecular formula is C8H4N4O. The Morgan fingerprint density at radius 1 is 1.46 bits per heavy atom. The minimum Gasteiger partial charge on any atom is -0.313 e. The highest BCUT2D eigenvalue weighted by molar-refractivity contribution is 5.73. The van der Waals surface area contributed by atoms with Gasteiger partial charge in [-0.25, -0.2) is 9.97 Å². The Bertz CT molecular complexity index is 552. The molecule has 0 unspecified atom stereocenters. The first-order chi connectivity index (χ1) is 6.31. The molecule has 5 heteroatoms. The van der Waals surface area contributed by atoms with E-state index in [0.29, 0.717) is 11.0 Å². The average molecular weight is 172 g/mol. The maximum Gasteiger partial charge on any atom is 0.260 e. The average Bonchev–Trinajstić information content (AvgIpc) is 2.18. The van der Waals surface area contributed by atoms with Crippen molar-refractivity contribution >= 4 is 11.0 Å². The molecule has 2 aromatic rings. The van der Waals surface area contributed by atoms with Gasteiger partial charge in [0.2, 0.25) is 0 Å². The standard InChI is InChI=1S/C8H4N4O/c9-3-5-1-2-6-7(12-5)10-4-11-8(6)13/h1-2,4H,(H,10,11,12,13). The van der Waals surface area contributed by atoms with Crippen LogP contribution in [0, 0.1) is 11.3 Å². The Labute approximate surface area is 72.7 Å². The van der Waals surface area contributed by atoms with Gasteiger partial charge in [0.15, 0.2) is 5.65 Å². The third-order valence-electron chi connectivity index (χ3n) is 1.62. The molecule has 0 saturated carbocycles. The predicted octanol–water partition coefficient (Wildman–Crippen LogP) is 0.190. The molecular weight excluding hydrogens is 168 g/mol. The first-order valence-corrected chi connectivity index (χ1v) is 3.56. The highest BCUT2D eigenvalue weighted by atomic mass is 16.1. The van der Waals surface area contributed by atoms with Crippen LogP contribution >= 0.6 is 0 Å². The zero-order valence-electron chi connectivity index (χ0n) is 6.48. The summed E-state index contributed by atoms with van der Waals surface area (Å²) in [5.41, 5.74) is 0.301. The summed E-state index contributed by atoms with van der Waals surface area (Å²) in [5.74, 6) is 0. The summed E-state index contributed by atoms with van der Waals surface area (Å²) in [5, 5.41) is 8.93. The van der Waals surface area contributed by atoms with Crippen molar-refractivity contribution in [2.75, 3.05) is 0 Å². The lowest BCUT2D eigenvalue weighted by molar-refractivity contribution is 1.13. The van der Waals surface area contributed by atoms with Gasteiger partial charge in [-0.2, -0.15) is 5.26 Å². The van der Waals surface area contributed by atoms with Gasteiger partial charge in [0, 0.05) is 0 Å². The van der Waals surface area contributed by atoms with Gasteiger partial charge >= 0.3 is 0 Å². The van der Waals surface area contributed by atoms with Crippen molar-refractivity contribution in [1.82, 2.24) is 15.0 Å². The summed E-state index contributed by atoms with van der Waals surface area (Å²) in [6.45, 7) is 0. The zero-order chi connectivity index (χ0) is 9.26. The molecule has 2 rings (SSSR count). The Balaban J connectivity index is 2.90. The Morgan fingerprint density at radius 2 is 2.31 bits per heavy atom. The second-order valence-corrected chi connectivity index (χ2v) is 2.41. The molecule has 1 N–H and O–H groups in total. The zero-order valence-corrected chi connectivity index (χ0v) is 6.48. The molecule has 13 heavy (non-hydrogen) atoms. The number of nitrogens with one attached hydrogen (secondary N) is 1. The molecule has 0 radical (unpaired) electrons. The molecule has 2 aromatic heterocycles. The lowest BCUT2D eigenvalue weighted by Gasteiger charge is -1.93. The molecule has 0 amide bonds. The molecule has 0 aliphatic rings. The van der Waals surface area contributed by atoms with Crippen LogP contribution in [0.25, 0.3) is 11.0 Å². The second-order valence-electron chi connectivity index (χ2n) is 2.41. The number of nitriles is 1. The number of pyridine rings is 1. The number of nitrogens with zero attached hydrogens (tertiary/aromatic N) is 3. The van der Waals surface area contributed by atoms with Crippen molar-refractivity contribution in [3.05, 3.63) is 34.5 Å². The van der Waals surface area contributed by atoms with Crippen LogP contribution in [0.5, 0.6) is 0 Å². The number of hydrogen-bond donors (Lipinski definition) is 1. The maximum absolute atomic E-state index is 11.2. The largest absolute Gasteiger partial charge is 0.313 e. The van der Waals surface area contributed by atoms with E-state index in [0.717, 1.165) is 0 Å². The quantitative estimate of drug-likeness (QED) is 0.614. The predicted molar refractivity (Wildman–Crippen MR) is 44.9 cm³/mol. The van der Waals surface area contributed by atoms with Gasteiger partial charge in [0.05, 0.1) is 11.7 Å². The molecule has 0 aliphatic heterocycles. The summed E-state index contributed by atoms with van der Waals surface area (Å²) >= 11 is 0. The maximum atomic E-state index is 11.2. The van der Waals surface area contributed by atoms with Gasteiger partial charge in [-0.1, -0.05) is 0 Å². The number of aromatic nitrogens is 3. The topological polar surface area (TPSA) is 82.4 Å². The number of aromatic amines is 1. The van der Waals surface area contributed by atoms with E-state index in [1.54, 1.807) is 0 Å². The lowest BCUT2D eigenvalue weighted by Crippen LogP contribution is -2.07. The summed E-state index contributed by atoms with van der Waals surface area (Å²) in [7, 11) is 0. The smallest absolute Gasteiger partial charge is 0.260 e. The number of rotatable bonds is 0. The first-order valence-electron chi connectivity index (χ1n) is 3.56. The molecule has 2 heterocycles. The van der Waals surface area contributed by atoms with Crippen molar-refractivity contribution in [3.8, 4) is 6.07 Å². The van der Waals surface area contributed by atoms with Crippen LogP contribution in [0.15, 0.2) is 23.3 Å². The van der Waals surface area contributed by atoms with Crippen molar-refractivity contribution in [3.63, 3.8) is 0 Å². The van der Waals surface area contributed by atoms with Crippen LogP contribution in [0.4, 0.5) is 0 Å². The van der Waals surface area contributed by atoms with Crippen molar-refractivity contribution in [2.45, 2.75) is 0 Å². The van der Waals surface area contributed by atoms with Gasteiger partial charge in [-0.3, -0.25) is 4.79 Å². The van der Waals surface area contributed by atoms with Crippen LogP contribution < -0.4 is 5.56 Å². The van der Waals surface area contributed by atoms with E-state index in [9.17, 15) is 4.79 Å². The SMILES string of the molecule is N#Cc1ccc2c(=O)[nH]cnc2n1. The third kappa shape index (κ3) is 1.14. The highest BCUT2D eigenvalue weighted by Gasteiger charge is 2.00. The third-order valence-corrected chi connectivity index (χ3v) is 1.62. The number of fused-ring (bicyclic) bond motifs is 1. The summed E-state index contributed by atoms with van der Waals surface area (Å²) in [4.78, 5) is 21.3. The fourth-order valence-corrected chi connectivity index (χ4v) is 1.02. The van der Waals surface area contributed by atoms with Gasteiger partial charge in [-0.05, 0) is 12.1 Å². The molecule has 0 fully saturated rings. The molecule has 0 bridgehead atoms. The van der Waals surface area contributed by atoms with Gasteiger partial charge < -0.3 is 4.98 Å². The summed E-state index contributed by atoms with van der Waals surface area (Å²) in [6.07, 6.45) is 1.26. The number of H-pyrrole nitrogens is 1. The van der Waals surface area contributed by atoms with E-state index >= 15 is 0 Å². The Morgan fingerprint density at radius 3 is 3.08 bits per heavy atom. The second kappa shape index (κ2) is 2.68. The van der Waals surface area contributed by atoms with Crippen LogP contribution in [0.1, 0.15) is 5.69 Å². The van der Waals surface area contributed by atoms with Crippen molar-refractivity contribution in [1.29, 1.82) is 5.26 Å². The molecule has 0 saturated heterocycles. The van der Waals surface area contributed by atoms with Crippen molar-refractivity contribution < 1.29 is 0 Å². The van der Waals surface area contributed by atoms with Gasteiger partial charge in [0.25, 0.3) is 5.56 Å². The van der Waals surface area contributed by atoms with Crippen molar-refractivity contribution in [2.24, 2.45) is 0 Å². The van der Waals surface area contributed by atoms with Gasteiger partial charge in [-0.15, -0.1) is 0 Å². The Kier molecular flexibility index (Phi) is 1.53. The first kappa shape index (κ1) is 7.43. The lowest BCUT2D eigenvalue weighted by atomic mass is 10.3. The van der Waals surface area contributed by atoms with E-state index in [1.165, 1.54) is 18.5 Å². The summed E-state index contributed by atoms with van der Waals surface area (Å²) < 4.78 is 0. The van der Waals surface area contributed by atoms with Gasteiger partial charge in [0.1, 0.15) is 11.8 Å². The molecule has 0 spiro atoms. The van der Waals surface area contributed by atoms with E-state index in [-0.39, 0.29) is 11.3 Å². The minimum atomic E-state index is -0.248. The normalized spacial score (nSPS) is 9.77. The fraction of sp³-hybridized carbons (Fsp3) is 0. The van der Waals surface area contributed by atoms with Crippen LogP contribution in [-0.4, -0.2) is 15.0 Å². The molecule has 0 atom stereocenters.